The largest absolute Gasteiger partial charge is 0.310 e. The third-order valence-electron chi connectivity index (χ3n) is 14.3. The summed E-state index contributed by atoms with van der Waals surface area (Å²) in [5.74, 6) is 0. The normalized spacial score (nSPS) is 10.8. The zero-order valence-corrected chi connectivity index (χ0v) is 42.4. The predicted octanol–water partition coefficient (Wildman–Crippen LogP) is 19.5. The molecule has 0 saturated heterocycles. The van der Waals surface area contributed by atoms with Crippen LogP contribution < -0.4 is 9.80 Å². The summed E-state index contributed by atoms with van der Waals surface area (Å²) >= 11 is 0. The van der Waals surface area contributed by atoms with Crippen LogP contribution in [0.5, 0.6) is 0 Å². The number of benzene rings is 13. The highest BCUT2D eigenvalue weighted by atomic mass is 15.2. The van der Waals surface area contributed by atoms with Crippen molar-refractivity contribution in [1.29, 1.82) is 15.8 Å². The van der Waals surface area contributed by atoms with Gasteiger partial charge >= 0.3 is 0 Å². The lowest BCUT2D eigenvalue weighted by molar-refractivity contribution is 1.29. The first kappa shape index (κ1) is 47.9. The first-order chi connectivity index (χ1) is 38.5. The Labute approximate surface area is 454 Å². The van der Waals surface area contributed by atoms with Gasteiger partial charge in [0.15, 0.2) is 0 Å². The van der Waals surface area contributed by atoms with E-state index < -0.39 is 0 Å². The van der Waals surface area contributed by atoms with Crippen LogP contribution in [0.4, 0.5) is 34.1 Å². The fourth-order valence-electron chi connectivity index (χ4n) is 10.6. The van der Waals surface area contributed by atoms with E-state index in [-0.39, 0.29) is 0 Å². The standard InChI is InChI=1S/C66H42N4.C7H5N/c67-43-45-21-29-57(30-22-45)69(59-39-53(47-13-5-1-6-14-47)37-54(40-59)48-15-7-2-8-16-48)63-35-27-51-26-34-62-64(36-28-52-25-33-61(63)65(51)66(52)62)70(58-31-23-46(44-68)24-32-58)60-41-55(49-17-9-3-10-18-49)38-56(42-60)50-19-11-4-12-20-50;8-6-7-4-2-1-3-5-7/h1-42H;1-5H. The molecular formula is C73H47N5. The van der Waals surface area contributed by atoms with Gasteiger partial charge in [0, 0.05) is 33.5 Å². The summed E-state index contributed by atoms with van der Waals surface area (Å²) in [7, 11) is 0. The Hall–Kier alpha value is -11.0. The van der Waals surface area contributed by atoms with Crippen LogP contribution >= 0.6 is 0 Å². The van der Waals surface area contributed by atoms with E-state index in [1.165, 1.54) is 10.8 Å². The Balaban J connectivity index is 0.000000701. The van der Waals surface area contributed by atoms with Crippen LogP contribution in [0.25, 0.3) is 76.8 Å². The van der Waals surface area contributed by atoms with E-state index in [9.17, 15) is 10.5 Å². The van der Waals surface area contributed by atoms with Crippen molar-refractivity contribution in [1.82, 2.24) is 0 Å². The van der Waals surface area contributed by atoms with Crippen molar-refractivity contribution in [2.45, 2.75) is 0 Å². The molecular weight excluding hydrogens is 947 g/mol. The van der Waals surface area contributed by atoms with Crippen molar-refractivity contribution < 1.29 is 0 Å². The molecule has 364 valence electrons. The highest BCUT2D eigenvalue weighted by Crippen LogP contribution is 2.49. The predicted molar refractivity (Wildman–Crippen MR) is 322 cm³/mol. The number of rotatable bonds is 10. The molecule has 0 N–H and O–H groups in total. The van der Waals surface area contributed by atoms with Gasteiger partial charge < -0.3 is 9.80 Å². The van der Waals surface area contributed by atoms with E-state index in [1.807, 2.05) is 48.5 Å². The summed E-state index contributed by atoms with van der Waals surface area (Å²) in [5, 5.41) is 34.9. The molecule has 0 bridgehead atoms. The number of hydrogen-bond acceptors (Lipinski definition) is 5. The second-order valence-electron chi connectivity index (χ2n) is 19.1. The molecule has 0 unspecified atom stereocenters. The average Bonchev–Trinajstić information content (AvgIpc) is 3.72. The van der Waals surface area contributed by atoms with Crippen LogP contribution in [0.3, 0.4) is 0 Å². The Morgan fingerprint density at radius 3 is 0.808 bits per heavy atom. The van der Waals surface area contributed by atoms with Crippen LogP contribution in [-0.2, 0) is 0 Å². The fraction of sp³-hybridized carbons (Fsp3) is 0. The molecule has 0 radical (unpaired) electrons. The zero-order valence-electron chi connectivity index (χ0n) is 42.4. The lowest BCUT2D eigenvalue weighted by Crippen LogP contribution is -2.12. The summed E-state index contributed by atoms with van der Waals surface area (Å²) < 4.78 is 0. The molecule has 5 nitrogen and oxygen atoms in total. The molecule has 13 rings (SSSR count). The summed E-state index contributed by atoms with van der Waals surface area (Å²) in [6.07, 6.45) is 0. The molecule has 0 spiro atoms. The van der Waals surface area contributed by atoms with Gasteiger partial charge in [0.2, 0.25) is 0 Å². The molecule has 0 aromatic heterocycles. The number of nitrogens with zero attached hydrogens (tertiary/aromatic N) is 5. The third kappa shape index (κ3) is 9.54. The smallest absolute Gasteiger partial charge is 0.0991 e. The molecule has 0 saturated carbocycles. The Bertz CT molecular complexity index is 3990. The molecule has 0 aliphatic rings. The summed E-state index contributed by atoms with van der Waals surface area (Å²) in [4.78, 5) is 4.69. The van der Waals surface area contributed by atoms with Gasteiger partial charge in [-0.15, -0.1) is 0 Å². The molecule has 0 aliphatic carbocycles. The molecule has 13 aromatic rings. The van der Waals surface area contributed by atoms with Crippen molar-refractivity contribution in [3.8, 4) is 62.7 Å². The maximum absolute atomic E-state index is 9.91. The SMILES string of the molecule is N#Cc1ccc(N(c2cc(-c3ccccc3)cc(-c3ccccc3)c2)c2ccc3ccc4c(N(c5ccc(C#N)cc5)c5cc(-c6ccccc6)cc(-c6ccccc6)c5)ccc5ccc2c3c54)cc1.N#Cc1ccccc1. The quantitative estimate of drug-likeness (QED) is 0.128. The topological polar surface area (TPSA) is 77.8 Å². The third-order valence-corrected chi connectivity index (χ3v) is 14.3. The van der Waals surface area contributed by atoms with Crippen molar-refractivity contribution in [2.24, 2.45) is 0 Å². The monoisotopic (exact) mass is 993 g/mol. The van der Waals surface area contributed by atoms with E-state index in [1.54, 1.807) is 12.1 Å². The molecule has 0 atom stereocenters. The molecule has 78 heavy (non-hydrogen) atoms. The second-order valence-corrected chi connectivity index (χ2v) is 19.1. The first-order valence-corrected chi connectivity index (χ1v) is 25.8. The van der Waals surface area contributed by atoms with Gasteiger partial charge in [-0.25, -0.2) is 0 Å². The molecule has 0 amide bonds. The second kappa shape index (κ2) is 21.4. The Morgan fingerprint density at radius 1 is 0.231 bits per heavy atom. The summed E-state index contributed by atoms with van der Waals surface area (Å²) in [6, 6.07) is 105. The Kier molecular flexibility index (Phi) is 13.2. The maximum atomic E-state index is 9.91. The van der Waals surface area contributed by atoms with Crippen LogP contribution in [0, 0.1) is 34.0 Å². The van der Waals surface area contributed by atoms with Gasteiger partial charge in [-0.3, -0.25) is 0 Å². The number of nitriles is 3. The summed E-state index contributed by atoms with van der Waals surface area (Å²) in [6.45, 7) is 0. The number of anilines is 6. The van der Waals surface area contributed by atoms with Crippen LogP contribution in [0.1, 0.15) is 16.7 Å². The minimum Gasteiger partial charge on any atom is -0.310 e. The molecule has 5 heteroatoms. The van der Waals surface area contributed by atoms with Crippen LogP contribution in [-0.4, -0.2) is 0 Å². The first-order valence-electron chi connectivity index (χ1n) is 25.8. The van der Waals surface area contributed by atoms with Gasteiger partial charge in [-0.05, 0) is 175 Å². The molecule has 13 aromatic carbocycles. The van der Waals surface area contributed by atoms with E-state index in [2.05, 4.69) is 252 Å². The van der Waals surface area contributed by atoms with Crippen LogP contribution in [0.15, 0.2) is 285 Å². The lowest BCUT2D eigenvalue weighted by atomic mass is 9.91. The van der Waals surface area contributed by atoms with E-state index in [0.717, 1.165) is 100 Å². The van der Waals surface area contributed by atoms with Gasteiger partial charge in [-0.2, -0.15) is 15.8 Å². The molecule has 0 heterocycles. The van der Waals surface area contributed by atoms with Crippen molar-refractivity contribution in [3.05, 3.63) is 302 Å². The molecule has 0 aliphatic heterocycles. The van der Waals surface area contributed by atoms with E-state index in [0.29, 0.717) is 16.7 Å². The van der Waals surface area contributed by atoms with Gasteiger partial charge in [-0.1, -0.05) is 176 Å². The van der Waals surface area contributed by atoms with E-state index >= 15 is 0 Å². The van der Waals surface area contributed by atoms with Gasteiger partial charge in [0.25, 0.3) is 0 Å². The van der Waals surface area contributed by atoms with E-state index in [4.69, 9.17) is 5.26 Å². The minimum atomic E-state index is 0.603. The maximum Gasteiger partial charge on any atom is 0.0991 e. The molecule has 0 fully saturated rings. The zero-order chi connectivity index (χ0) is 52.8. The fourth-order valence-corrected chi connectivity index (χ4v) is 10.6. The van der Waals surface area contributed by atoms with Crippen molar-refractivity contribution in [3.63, 3.8) is 0 Å². The average molecular weight is 994 g/mol. The number of hydrogen-bond donors (Lipinski definition) is 0. The lowest BCUT2D eigenvalue weighted by Gasteiger charge is -2.30. The summed E-state index contributed by atoms with van der Waals surface area (Å²) in [5.41, 5.74) is 16.8. The van der Waals surface area contributed by atoms with Gasteiger partial charge in [0.1, 0.15) is 0 Å². The Morgan fingerprint density at radius 2 is 0.513 bits per heavy atom. The highest BCUT2D eigenvalue weighted by Gasteiger charge is 2.24. The van der Waals surface area contributed by atoms with Crippen molar-refractivity contribution >= 4 is 66.4 Å². The minimum absolute atomic E-state index is 0.603. The highest BCUT2D eigenvalue weighted by molar-refractivity contribution is 6.28. The van der Waals surface area contributed by atoms with Gasteiger partial charge in [0.05, 0.1) is 46.3 Å². The van der Waals surface area contributed by atoms with Crippen LogP contribution in [0.2, 0.25) is 0 Å². The van der Waals surface area contributed by atoms with Crippen molar-refractivity contribution in [2.75, 3.05) is 9.80 Å².